The number of benzene rings is 4. The van der Waals surface area contributed by atoms with E-state index in [9.17, 15) is 19.8 Å². The van der Waals surface area contributed by atoms with Gasteiger partial charge in [0.15, 0.2) is 11.8 Å². The van der Waals surface area contributed by atoms with E-state index in [1.165, 1.54) is 26.4 Å². The van der Waals surface area contributed by atoms with Crippen molar-refractivity contribution in [3.8, 4) is 45.3 Å². The summed E-state index contributed by atoms with van der Waals surface area (Å²) < 4.78 is 38.1. The van der Waals surface area contributed by atoms with E-state index in [4.69, 9.17) is 35.3 Å². The molecule has 5 fully saturated rings. The molecule has 6 N–H and O–H groups in total. The Kier molecular flexibility index (Phi) is 15.1. The minimum absolute atomic E-state index is 0.00367. The molecule has 12 rings (SSSR count). The Morgan fingerprint density at radius 3 is 2.44 bits per heavy atom. The summed E-state index contributed by atoms with van der Waals surface area (Å²) in [6.45, 7) is 11.9. The summed E-state index contributed by atoms with van der Waals surface area (Å²) in [6.07, 6.45) is 9.47. The molecular weight excluding hydrogens is 1040 g/mol. The molecule has 6 atom stereocenters. The number of β-amino-alcohol motifs (C(OH)–C–C–N with tert-alkyl or cyclic N) is 1. The highest BCUT2D eigenvalue weighted by Gasteiger charge is 2.48. The number of fused-ring (bicyclic) bond motifs is 3. The predicted octanol–water partition coefficient (Wildman–Crippen LogP) is 7.34. The van der Waals surface area contributed by atoms with Gasteiger partial charge in [0.2, 0.25) is 11.9 Å². The maximum atomic E-state index is 16.0. The summed E-state index contributed by atoms with van der Waals surface area (Å²) >= 11 is 0. The first-order chi connectivity index (χ1) is 39.8. The number of hydrogen-bond donors (Lipinski definition) is 5. The third-order valence-corrected chi connectivity index (χ3v) is 17.0. The molecule has 3 aromatic heterocycles. The smallest absolute Gasteiger partial charge is 0.409 e. The summed E-state index contributed by atoms with van der Waals surface area (Å²) in [5.41, 5.74) is 14.5. The monoisotopic (exact) mass is 1110 g/mol. The van der Waals surface area contributed by atoms with Gasteiger partial charge < -0.3 is 50.7 Å². The van der Waals surface area contributed by atoms with Crippen molar-refractivity contribution in [1.82, 2.24) is 40.2 Å². The van der Waals surface area contributed by atoms with Crippen LogP contribution in [0.4, 0.5) is 15.9 Å². The van der Waals surface area contributed by atoms with E-state index in [1.54, 1.807) is 25.5 Å². The van der Waals surface area contributed by atoms with Crippen molar-refractivity contribution < 1.29 is 43.0 Å². The van der Waals surface area contributed by atoms with Gasteiger partial charge in [-0.1, -0.05) is 73.7 Å². The number of nitrogens with one attached hydrogen (secondary N) is 2. The highest BCUT2D eigenvalue weighted by Crippen LogP contribution is 2.53. The van der Waals surface area contributed by atoms with E-state index in [1.807, 2.05) is 74.5 Å². The van der Waals surface area contributed by atoms with Crippen LogP contribution in [0.15, 0.2) is 91.4 Å². The van der Waals surface area contributed by atoms with Gasteiger partial charge in [-0.05, 0) is 84.0 Å². The SMILES string of the molecule is C=[N+](C(=O)[C@@H]1C[C@@H](O)CN1C(=O)[C@H](C(C)C)n1cc(-c2ccc(COc3c(-c4c(C)c(F)cc(N)c4C=N)c(C4CC4)cc4c(N5C[C@@H]6C[C@H]5CN6)nc(OC5CCOCC5)nc34)cc2)nn1)[C@@H](CO)c1ccc(-c2cccnc2)cc1. The van der Waals surface area contributed by atoms with Gasteiger partial charge in [0, 0.05) is 108 Å². The summed E-state index contributed by atoms with van der Waals surface area (Å²) in [4.78, 5) is 47.3. The second-order valence-electron chi connectivity index (χ2n) is 22.8. The zero-order chi connectivity index (χ0) is 56.9. The molecule has 4 aromatic carbocycles. The minimum Gasteiger partial charge on any atom is -0.486 e. The lowest BCUT2D eigenvalue weighted by atomic mass is 9.87. The molecule has 0 spiro atoms. The van der Waals surface area contributed by atoms with Crippen molar-refractivity contribution in [2.24, 2.45) is 5.92 Å². The molecule has 7 heterocycles. The van der Waals surface area contributed by atoms with Crippen LogP contribution in [-0.2, 0) is 20.9 Å². The molecule has 7 aromatic rings. The number of aliphatic hydroxyl groups excluding tert-OH is 2. The largest absolute Gasteiger partial charge is 0.486 e. The number of amides is 2. The van der Waals surface area contributed by atoms with Crippen LogP contribution < -0.4 is 25.4 Å². The number of likely N-dealkylation sites (tertiary alicyclic amines) is 1. The molecule has 5 aliphatic rings. The number of aromatic nitrogens is 6. The molecule has 424 valence electrons. The standard InChI is InChI=1S/C62H68FN12O7/c1-34(2)57(61(79)74-30-44(77)23-52(74)60(78)72(4)53(32-76)40-15-11-37(12-16-40)41-6-5-19-66-27-41)75-31-51(70-71-75)39-9-7-36(8-10-39)33-81-58-55(54-35(3)49(63)25-50(65)48(54)26-64)46(38-13-14-38)24-47-56(58)68-62(82-45-17-20-80-21-18-45)69-59(47)73-29-42-22-43(73)28-67-42/h5-12,15-16,19,24-27,31,34,38,42-45,52-53,57,64,67,76-77H,4,13-14,17-18,20-23,28-30,32-33,65H2,1-3H3/q+1/t42-,43-,44+,52-,53-,57-/m0/s1. The highest BCUT2D eigenvalue weighted by atomic mass is 19.1. The molecule has 1 aliphatic carbocycles. The van der Waals surface area contributed by atoms with Gasteiger partial charge in [0.1, 0.15) is 54.9 Å². The van der Waals surface area contributed by atoms with E-state index in [2.05, 4.69) is 38.3 Å². The van der Waals surface area contributed by atoms with Crippen LogP contribution in [0.5, 0.6) is 11.8 Å². The van der Waals surface area contributed by atoms with E-state index in [-0.39, 0.29) is 55.3 Å². The topological polar surface area (TPSA) is 243 Å². The molecule has 2 bridgehead atoms. The number of carbonyl (C=O) groups is 2. The van der Waals surface area contributed by atoms with Crippen molar-refractivity contribution in [1.29, 1.82) is 5.41 Å². The van der Waals surface area contributed by atoms with Crippen LogP contribution >= 0.6 is 0 Å². The third-order valence-electron chi connectivity index (χ3n) is 17.0. The molecule has 82 heavy (non-hydrogen) atoms. The Morgan fingerprint density at radius 1 is 1.00 bits per heavy atom. The fraction of sp³-hybridized carbons (Fsp3) is 0.403. The van der Waals surface area contributed by atoms with Crippen molar-refractivity contribution >= 4 is 47.2 Å². The first kappa shape index (κ1) is 54.5. The van der Waals surface area contributed by atoms with Gasteiger partial charge in [-0.3, -0.25) is 9.78 Å². The van der Waals surface area contributed by atoms with Crippen molar-refractivity contribution in [3.05, 3.63) is 125 Å². The second kappa shape index (κ2) is 22.7. The van der Waals surface area contributed by atoms with Gasteiger partial charge in [0.05, 0.1) is 25.5 Å². The number of nitrogen functional groups attached to an aromatic ring is 1. The highest BCUT2D eigenvalue weighted by molar-refractivity contribution is 6.05. The zero-order valence-corrected chi connectivity index (χ0v) is 46.2. The number of nitrogens with two attached hydrogens (primary N) is 1. The Balaban J connectivity index is 0.831. The number of halogens is 1. The van der Waals surface area contributed by atoms with Crippen LogP contribution in [0.2, 0.25) is 0 Å². The number of nitrogens with zero attached hydrogens (tertiary/aromatic N) is 9. The average molecular weight is 1110 g/mol. The summed E-state index contributed by atoms with van der Waals surface area (Å²) in [5.74, 6) is -0.369. The molecular formula is C62H68FN12O7+. The molecule has 1 saturated carbocycles. The maximum absolute atomic E-state index is 16.0. The average Bonchev–Trinajstić information content (AvgIpc) is 3.53. The normalized spacial score (nSPS) is 20.6. The number of rotatable bonds is 18. The van der Waals surface area contributed by atoms with Gasteiger partial charge in [-0.2, -0.15) is 14.5 Å². The summed E-state index contributed by atoms with van der Waals surface area (Å²) in [7, 11) is 0. The Morgan fingerprint density at radius 2 is 1.77 bits per heavy atom. The lowest BCUT2D eigenvalue weighted by Gasteiger charge is -2.31. The molecule has 2 amide bonds. The lowest BCUT2D eigenvalue weighted by Crippen LogP contribution is -2.48. The number of piperazine rings is 1. The first-order valence-corrected chi connectivity index (χ1v) is 28.4. The fourth-order valence-corrected chi connectivity index (χ4v) is 12.4. The fourth-order valence-electron chi connectivity index (χ4n) is 12.4. The number of pyridine rings is 1. The number of anilines is 2. The molecule has 4 saturated heterocycles. The van der Waals surface area contributed by atoms with Crippen molar-refractivity contribution in [2.75, 3.05) is 50.1 Å². The number of aliphatic hydroxyl groups is 2. The van der Waals surface area contributed by atoms with Gasteiger partial charge in [0.25, 0.3) is 0 Å². The molecule has 20 heteroatoms. The summed E-state index contributed by atoms with van der Waals surface area (Å²) in [5, 5.41) is 43.5. The molecule has 0 radical (unpaired) electrons. The number of ether oxygens (including phenoxy) is 3. The Bertz CT molecular complexity index is 3570. The van der Waals surface area contributed by atoms with Crippen LogP contribution in [0.3, 0.4) is 0 Å². The van der Waals surface area contributed by atoms with Gasteiger partial charge >= 0.3 is 11.9 Å². The minimum atomic E-state index is -1.04. The number of carbonyl (C=O) groups excluding carboxylic acids is 2. The van der Waals surface area contributed by atoms with Crippen molar-refractivity contribution in [3.63, 3.8) is 0 Å². The Hall–Kier alpha value is -8.04. The predicted molar refractivity (Wildman–Crippen MR) is 308 cm³/mol. The Labute approximate surface area is 474 Å². The van der Waals surface area contributed by atoms with Crippen molar-refractivity contribution in [2.45, 2.75) is 114 Å². The number of hydrogen-bond acceptors (Lipinski definition) is 16. The van der Waals surface area contributed by atoms with Crippen LogP contribution in [0.25, 0.3) is 44.4 Å². The quantitative estimate of drug-likeness (QED) is 0.0321. The molecule has 0 unspecified atom stereocenters. The van der Waals surface area contributed by atoms with E-state index < -0.39 is 48.5 Å². The third kappa shape index (κ3) is 10.5. The van der Waals surface area contributed by atoms with Gasteiger partial charge in [-0.25, -0.2) is 13.9 Å². The van der Waals surface area contributed by atoms with Crippen LogP contribution in [0.1, 0.15) is 98.2 Å². The lowest BCUT2D eigenvalue weighted by molar-refractivity contribution is -0.493. The first-order valence-electron chi connectivity index (χ1n) is 28.4. The molecule has 19 nitrogen and oxygen atoms in total. The zero-order valence-electron chi connectivity index (χ0n) is 46.2. The molecule has 4 aliphatic heterocycles. The van der Waals surface area contributed by atoms with E-state index in [0.29, 0.717) is 76.9 Å². The van der Waals surface area contributed by atoms with E-state index in [0.717, 1.165) is 71.4 Å². The van der Waals surface area contributed by atoms with E-state index >= 15 is 4.39 Å². The van der Waals surface area contributed by atoms with Gasteiger partial charge in [-0.15, -0.1) is 5.10 Å². The van der Waals surface area contributed by atoms with Crippen LogP contribution in [-0.4, -0.2) is 144 Å². The second-order valence-corrected chi connectivity index (χ2v) is 22.8. The summed E-state index contributed by atoms with van der Waals surface area (Å²) in [6, 6.07) is 20.4. The van der Waals surface area contributed by atoms with Crippen LogP contribution in [0, 0.1) is 24.1 Å². The maximum Gasteiger partial charge on any atom is 0.409 e.